The van der Waals surface area contributed by atoms with Gasteiger partial charge in [-0.15, -0.1) is 0 Å². The highest BCUT2D eigenvalue weighted by atomic mass is 35.5. The van der Waals surface area contributed by atoms with E-state index >= 15 is 0 Å². The van der Waals surface area contributed by atoms with Gasteiger partial charge in [0.1, 0.15) is 11.4 Å². The zero-order chi connectivity index (χ0) is 15.6. The summed E-state index contributed by atoms with van der Waals surface area (Å²) >= 11 is 6.03. The van der Waals surface area contributed by atoms with E-state index in [4.69, 9.17) is 20.9 Å². The van der Waals surface area contributed by atoms with Crippen LogP contribution in [0.4, 0.5) is 5.69 Å². The maximum atomic E-state index is 12.3. The molecular formula is C13H15ClN2O4S. The average molecular weight is 331 g/mol. The number of benzene rings is 1. The molecule has 0 amide bonds. The van der Waals surface area contributed by atoms with Gasteiger partial charge in [0.2, 0.25) is 0 Å². The van der Waals surface area contributed by atoms with Crippen LogP contribution >= 0.6 is 11.6 Å². The van der Waals surface area contributed by atoms with E-state index in [9.17, 15) is 8.42 Å². The van der Waals surface area contributed by atoms with Crippen LogP contribution in [0.3, 0.4) is 0 Å². The third-order valence-electron chi connectivity index (χ3n) is 2.72. The lowest BCUT2D eigenvalue weighted by Crippen LogP contribution is -2.14. The SMILES string of the molecule is CCOc1ccc(NS(=O)(=O)c2c(C)noc2C)cc1Cl. The fourth-order valence-electron chi connectivity index (χ4n) is 1.90. The van der Waals surface area contributed by atoms with Crippen LogP contribution in [0.2, 0.25) is 5.02 Å². The van der Waals surface area contributed by atoms with Gasteiger partial charge in [-0.05, 0) is 39.0 Å². The minimum atomic E-state index is -3.78. The largest absolute Gasteiger partial charge is 0.492 e. The lowest BCUT2D eigenvalue weighted by atomic mass is 10.3. The molecule has 2 rings (SSSR count). The van der Waals surface area contributed by atoms with Crippen LogP contribution in [0.25, 0.3) is 0 Å². The normalized spacial score (nSPS) is 11.4. The Morgan fingerprint density at radius 2 is 2.10 bits per heavy atom. The van der Waals surface area contributed by atoms with Gasteiger partial charge in [-0.1, -0.05) is 16.8 Å². The summed E-state index contributed by atoms with van der Waals surface area (Å²) < 4.78 is 37.3. The maximum absolute atomic E-state index is 12.3. The monoisotopic (exact) mass is 330 g/mol. The second-order valence-corrected chi connectivity index (χ2v) is 6.36. The number of hydrogen-bond donors (Lipinski definition) is 1. The minimum Gasteiger partial charge on any atom is -0.492 e. The molecule has 0 bridgehead atoms. The predicted octanol–water partition coefficient (Wildman–Crippen LogP) is 3.14. The molecule has 8 heteroatoms. The van der Waals surface area contributed by atoms with Gasteiger partial charge in [-0.3, -0.25) is 4.72 Å². The summed E-state index contributed by atoms with van der Waals surface area (Å²) in [5, 5.41) is 3.97. The van der Waals surface area contributed by atoms with Crippen molar-refractivity contribution in [3.63, 3.8) is 0 Å². The van der Waals surface area contributed by atoms with Crippen molar-refractivity contribution in [1.29, 1.82) is 0 Å². The second-order valence-electron chi connectivity index (χ2n) is 4.34. The molecule has 0 atom stereocenters. The van der Waals surface area contributed by atoms with Gasteiger partial charge in [0.15, 0.2) is 10.7 Å². The van der Waals surface area contributed by atoms with Crippen LogP contribution in [0.1, 0.15) is 18.4 Å². The highest BCUT2D eigenvalue weighted by Gasteiger charge is 2.24. The van der Waals surface area contributed by atoms with Gasteiger partial charge < -0.3 is 9.26 Å². The van der Waals surface area contributed by atoms with Crippen molar-refractivity contribution in [3.8, 4) is 5.75 Å². The second kappa shape index (κ2) is 5.95. The number of nitrogens with one attached hydrogen (secondary N) is 1. The Balaban J connectivity index is 2.31. The van der Waals surface area contributed by atoms with Crippen LogP contribution in [0.5, 0.6) is 5.75 Å². The van der Waals surface area contributed by atoms with Gasteiger partial charge in [0, 0.05) is 0 Å². The van der Waals surface area contributed by atoms with Crippen molar-refractivity contribution in [2.75, 3.05) is 11.3 Å². The zero-order valence-electron chi connectivity index (χ0n) is 11.8. The molecule has 0 aliphatic heterocycles. The van der Waals surface area contributed by atoms with E-state index in [2.05, 4.69) is 9.88 Å². The average Bonchev–Trinajstić information content (AvgIpc) is 2.73. The molecule has 21 heavy (non-hydrogen) atoms. The van der Waals surface area contributed by atoms with Crippen LogP contribution in [-0.4, -0.2) is 20.2 Å². The topological polar surface area (TPSA) is 81.4 Å². The molecule has 2 aromatic rings. The summed E-state index contributed by atoms with van der Waals surface area (Å²) in [5.74, 6) is 0.733. The van der Waals surface area contributed by atoms with E-state index in [1.54, 1.807) is 26.0 Å². The van der Waals surface area contributed by atoms with E-state index in [1.807, 2.05) is 6.92 Å². The minimum absolute atomic E-state index is 0.0347. The third-order valence-corrected chi connectivity index (χ3v) is 4.64. The summed E-state index contributed by atoms with van der Waals surface area (Å²) in [7, 11) is -3.78. The molecule has 1 N–H and O–H groups in total. The smallest absolute Gasteiger partial charge is 0.267 e. The number of nitrogens with zero attached hydrogens (tertiary/aromatic N) is 1. The van der Waals surface area contributed by atoms with Crippen molar-refractivity contribution in [2.45, 2.75) is 25.7 Å². The molecule has 0 aliphatic carbocycles. The number of hydrogen-bond acceptors (Lipinski definition) is 5. The van der Waals surface area contributed by atoms with E-state index in [1.165, 1.54) is 6.07 Å². The Morgan fingerprint density at radius 1 is 1.38 bits per heavy atom. The molecule has 1 aromatic carbocycles. The Hall–Kier alpha value is -1.73. The van der Waals surface area contributed by atoms with E-state index in [0.29, 0.717) is 28.8 Å². The van der Waals surface area contributed by atoms with E-state index < -0.39 is 10.0 Å². The molecule has 0 radical (unpaired) electrons. The maximum Gasteiger partial charge on any atom is 0.267 e. The first-order valence-electron chi connectivity index (χ1n) is 6.23. The summed E-state index contributed by atoms with van der Waals surface area (Å²) in [6.07, 6.45) is 0. The van der Waals surface area contributed by atoms with Crippen LogP contribution < -0.4 is 9.46 Å². The molecule has 0 fully saturated rings. The third kappa shape index (κ3) is 3.30. The quantitative estimate of drug-likeness (QED) is 0.910. The number of anilines is 1. The Morgan fingerprint density at radius 3 is 2.62 bits per heavy atom. The molecule has 1 heterocycles. The van der Waals surface area contributed by atoms with E-state index in [0.717, 1.165) is 0 Å². The van der Waals surface area contributed by atoms with Crippen LogP contribution in [-0.2, 0) is 10.0 Å². The van der Waals surface area contributed by atoms with Crippen molar-refractivity contribution in [3.05, 3.63) is 34.7 Å². The predicted molar refractivity (Wildman–Crippen MR) is 79.4 cm³/mol. The number of aromatic nitrogens is 1. The van der Waals surface area contributed by atoms with Crippen molar-refractivity contribution in [2.24, 2.45) is 0 Å². The highest BCUT2D eigenvalue weighted by molar-refractivity contribution is 7.92. The molecule has 6 nitrogen and oxygen atoms in total. The van der Waals surface area contributed by atoms with Crippen molar-refractivity contribution in [1.82, 2.24) is 5.16 Å². The number of halogens is 1. The van der Waals surface area contributed by atoms with Crippen LogP contribution in [0.15, 0.2) is 27.6 Å². The standard InChI is InChI=1S/C13H15ClN2O4S/c1-4-19-12-6-5-10(7-11(12)14)16-21(17,18)13-8(2)15-20-9(13)3/h5-7,16H,4H2,1-3H3. The van der Waals surface area contributed by atoms with Crippen molar-refractivity contribution >= 4 is 27.3 Å². The van der Waals surface area contributed by atoms with Gasteiger partial charge in [-0.2, -0.15) is 0 Å². The number of aryl methyl sites for hydroxylation is 2. The Labute approximate surface area is 128 Å². The molecule has 0 unspecified atom stereocenters. The Kier molecular flexibility index (Phi) is 4.43. The molecule has 0 saturated heterocycles. The first-order valence-corrected chi connectivity index (χ1v) is 8.09. The number of rotatable bonds is 5. The first kappa shape index (κ1) is 15.7. The molecule has 1 aromatic heterocycles. The zero-order valence-corrected chi connectivity index (χ0v) is 13.4. The van der Waals surface area contributed by atoms with Crippen LogP contribution in [0, 0.1) is 13.8 Å². The van der Waals surface area contributed by atoms with Crippen molar-refractivity contribution < 1.29 is 17.7 Å². The molecule has 114 valence electrons. The van der Waals surface area contributed by atoms with Gasteiger partial charge in [0.05, 0.1) is 17.3 Å². The molecule has 0 spiro atoms. The summed E-state index contributed by atoms with van der Waals surface area (Å²) in [6.45, 7) is 5.42. The first-order chi connectivity index (χ1) is 9.85. The Bertz CT molecular complexity index is 736. The lowest BCUT2D eigenvalue weighted by molar-refractivity contribution is 0.340. The molecule has 0 saturated carbocycles. The molecule has 0 aliphatic rings. The van der Waals surface area contributed by atoms with Gasteiger partial charge in [-0.25, -0.2) is 8.42 Å². The summed E-state index contributed by atoms with van der Waals surface area (Å²) in [4.78, 5) is 0.0347. The van der Waals surface area contributed by atoms with Gasteiger partial charge >= 0.3 is 0 Å². The fraction of sp³-hybridized carbons (Fsp3) is 0.308. The van der Waals surface area contributed by atoms with Gasteiger partial charge in [0.25, 0.3) is 10.0 Å². The van der Waals surface area contributed by atoms with E-state index in [-0.39, 0.29) is 10.7 Å². The molecular weight excluding hydrogens is 316 g/mol. The highest BCUT2D eigenvalue weighted by Crippen LogP contribution is 2.29. The number of sulfonamides is 1. The summed E-state index contributed by atoms with van der Waals surface area (Å²) in [5.41, 5.74) is 0.639. The number of ether oxygens (including phenoxy) is 1. The fourth-order valence-corrected chi connectivity index (χ4v) is 3.52. The summed E-state index contributed by atoms with van der Waals surface area (Å²) in [6, 6.07) is 4.67. The lowest BCUT2D eigenvalue weighted by Gasteiger charge is -2.10.